The fourth-order valence-corrected chi connectivity index (χ4v) is 5.10. The smallest absolute Gasteiger partial charge is 0.282 e. The minimum absolute atomic E-state index is 0.225. The van der Waals surface area contributed by atoms with Crippen LogP contribution in [0.2, 0.25) is 15.1 Å². The zero-order chi connectivity index (χ0) is 28.5. The summed E-state index contributed by atoms with van der Waals surface area (Å²) in [5.74, 6) is 1.55. The number of hydrogen-bond donors (Lipinski definition) is 0. The van der Waals surface area contributed by atoms with Crippen molar-refractivity contribution in [2.24, 2.45) is 5.10 Å². The van der Waals surface area contributed by atoms with Gasteiger partial charge in [-0.25, -0.2) is 4.98 Å². The molecule has 2 heterocycles. The van der Waals surface area contributed by atoms with Crippen LogP contribution in [0.4, 0.5) is 0 Å². The van der Waals surface area contributed by atoms with E-state index >= 15 is 0 Å². The minimum Gasteiger partial charge on any atom is -0.496 e. The first kappa shape index (κ1) is 26.9. The van der Waals surface area contributed by atoms with Gasteiger partial charge in [-0.2, -0.15) is 9.78 Å². The molecule has 0 aliphatic carbocycles. The fraction of sp³-hybridized carbons (Fsp3) is 0.0645. The van der Waals surface area contributed by atoms with Gasteiger partial charge in [-0.1, -0.05) is 65.1 Å². The number of nitrogens with zero attached hydrogens (tertiary/aromatic N) is 3. The molecule has 204 valence electrons. The number of ether oxygens (including phenoxy) is 2. The number of fused-ring (bicyclic) bond motifs is 2. The second-order valence-electron chi connectivity index (χ2n) is 9.03. The van der Waals surface area contributed by atoms with Gasteiger partial charge < -0.3 is 13.9 Å². The van der Waals surface area contributed by atoms with Gasteiger partial charge >= 0.3 is 0 Å². The van der Waals surface area contributed by atoms with E-state index in [1.165, 1.54) is 10.9 Å². The molecule has 0 spiro atoms. The van der Waals surface area contributed by atoms with Crippen molar-refractivity contribution in [3.05, 3.63) is 121 Å². The standard InChI is InChI=1S/C31H20Cl3N3O4/c1-39-26-7-4-8-27-22(26)15-28(41-27)30-36-25-6-3-2-5-21(25)31(38)37(30)35-16-19-13-23(33)29(24(34)14-19)40-17-18-9-11-20(32)12-10-18/h2-16H,17H2,1H3. The van der Waals surface area contributed by atoms with Gasteiger partial charge in [-0.15, -0.1) is 0 Å². The van der Waals surface area contributed by atoms with Crippen molar-refractivity contribution in [2.45, 2.75) is 6.61 Å². The second-order valence-corrected chi connectivity index (χ2v) is 10.3. The van der Waals surface area contributed by atoms with Gasteiger partial charge in [0.05, 0.1) is 39.7 Å². The van der Waals surface area contributed by atoms with E-state index < -0.39 is 0 Å². The SMILES string of the molecule is COc1cccc2oc(-c3nc4ccccc4c(=O)n3N=Cc3cc(Cl)c(OCc4ccc(Cl)cc4)c(Cl)c3)cc12. The van der Waals surface area contributed by atoms with Crippen LogP contribution in [0.5, 0.6) is 11.5 Å². The van der Waals surface area contributed by atoms with Crippen LogP contribution in [-0.4, -0.2) is 23.0 Å². The van der Waals surface area contributed by atoms with E-state index in [0.29, 0.717) is 54.4 Å². The Hall–Kier alpha value is -4.30. The number of hydrogen-bond acceptors (Lipinski definition) is 6. The van der Waals surface area contributed by atoms with Crippen LogP contribution in [0, 0.1) is 0 Å². The van der Waals surface area contributed by atoms with Gasteiger partial charge in [0, 0.05) is 5.02 Å². The Morgan fingerprint density at radius 3 is 2.44 bits per heavy atom. The molecular formula is C31H20Cl3N3O4. The first-order valence-corrected chi connectivity index (χ1v) is 13.5. The summed E-state index contributed by atoms with van der Waals surface area (Å²) >= 11 is 19.0. The van der Waals surface area contributed by atoms with Gasteiger partial charge in [-0.05, 0) is 65.7 Å². The number of methoxy groups -OCH3 is 1. The highest BCUT2D eigenvalue weighted by Crippen LogP contribution is 2.35. The van der Waals surface area contributed by atoms with Crippen LogP contribution in [0.15, 0.2) is 99.2 Å². The summed E-state index contributed by atoms with van der Waals surface area (Å²) < 4.78 is 18.6. The molecule has 0 atom stereocenters. The Morgan fingerprint density at radius 1 is 0.927 bits per heavy atom. The first-order valence-electron chi connectivity index (χ1n) is 12.4. The fourth-order valence-electron chi connectivity index (χ4n) is 4.37. The van der Waals surface area contributed by atoms with Crippen LogP contribution in [-0.2, 0) is 6.61 Å². The van der Waals surface area contributed by atoms with Crippen LogP contribution >= 0.6 is 34.8 Å². The molecule has 0 N–H and O–H groups in total. The molecule has 0 saturated carbocycles. The van der Waals surface area contributed by atoms with Gasteiger partial charge in [0.1, 0.15) is 17.9 Å². The minimum atomic E-state index is -0.366. The molecule has 0 fully saturated rings. The third-order valence-electron chi connectivity index (χ3n) is 6.35. The Balaban J connectivity index is 1.38. The molecule has 41 heavy (non-hydrogen) atoms. The van der Waals surface area contributed by atoms with Crippen LogP contribution in [0.25, 0.3) is 33.5 Å². The summed E-state index contributed by atoms with van der Waals surface area (Å²) in [5.41, 5.74) is 2.20. The molecule has 0 aliphatic rings. The molecule has 6 rings (SSSR count). The van der Waals surface area contributed by atoms with Crippen LogP contribution in [0.1, 0.15) is 11.1 Å². The number of para-hydroxylation sites is 1. The lowest BCUT2D eigenvalue weighted by molar-refractivity contribution is 0.306. The number of furan rings is 1. The molecule has 0 radical (unpaired) electrons. The summed E-state index contributed by atoms with van der Waals surface area (Å²) in [5, 5.41) is 6.86. The zero-order valence-corrected chi connectivity index (χ0v) is 23.7. The summed E-state index contributed by atoms with van der Waals surface area (Å²) in [6, 6.07) is 24.9. The predicted molar refractivity (Wildman–Crippen MR) is 163 cm³/mol. The van der Waals surface area contributed by atoms with Crippen molar-refractivity contribution in [1.29, 1.82) is 0 Å². The summed E-state index contributed by atoms with van der Waals surface area (Å²) in [4.78, 5) is 18.3. The lowest BCUT2D eigenvalue weighted by Gasteiger charge is -2.11. The molecule has 0 aliphatic heterocycles. The predicted octanol–water partition coefficient (Wildman–Crippen LogP) is 8.24. The Labute approximate surface area is 249 Å². The molecule has 0 amide bonds. The molecule has 10 heteroatoms. The third-order valence-corrected chi connectivity index (χ3v) is 7.17. The number of halogens is 3. The monoisotopic (exact) mass is 603 g/mol. The Bertz CT molecular complexity index is 1980. The van der Waals surface area contributed by atoms with E-state index in [1.807, 2.05) is 36.4 Å². The molecule has 0 bridgehead atoms. The number of benzene rings is 4. The van der Waals surface area contributed by atoms with E-state index in [2.05, 4.69) is 5.10 Å². The maximum absolute atomic E-state index is 13.6. The van der Waals surface area contributed by atoms with E-state index in [0.717, 1.165) is 10.9 Å². The summed E-state index contributed by atoms with van der Waals surface area (Å²) in [6.45, 7) is 0.258. The van der Waals surface area contributed by atoms with E-state index in [1.54, 1.807) is 55.6 Å². The molecule has 0 saturated heterocycles. The van der Waals surface area contributed by atoms with Crippen molar-refractivity contribution in [2.75, 3.05) is 7.11 Å². The summed E-state index contributed by atoms with van der Waals surface area (Å²) in [6.07, 6.45) is 1.48. The highest BCUT2D eigenvalue weighted by molar-refractivity contribution is 6.37. The lowest BCUT2D eigenvalue weighted by atomic mass is 10.2. The van der Waals surface area contributed by atoms with E-state index in [4.69, 9.17) is 53.7 Å². The average Bonchev–Trinajstić information content (AvgIpc) is 3.42. The second kappa shape index (κ2) is 11.3. The lowest BCUT2D eigenvalue weighted by Crippen LogP contribution is -2.20. The molecule has 4 aromatic carbocycles. The molecule has 2 aromatic heterocycles. The molecule has 6 aromatic rings. The van der Waals surface area contributed by atoms with Gasteiger partial charge in [-0.3, -0.25) is 4.79 Å². The van der Waals surface area contributed by atoms with Crippen molar-refractivity contribution in [3.8, 4) is 23.1 Å². The summed E-state index contributed by atoms with van der Waals surface area (Å²) in [7, 11) is 1.58. The highest BCUT2D eigenvalue weighted by Gasteiger charge is 2.18. The maximum atomic E-state index is 13.6. The Morgan fingerprint density at radius 2 is 1.68 bits per heavy atom. The van der Waals surface area contributed by atoms with Crippen molar-refractivity contribution in [1.82, 2.24) is 9.66 Å². The van der Waals surface area contributed by atoms with Crippen molar-refractivity contribution in [3.63, 3.8) is 0 Å². The van der Waals surface area contributed by atoms with Crippen LogP contribution < -0.4 is 15.0 Å². The van der Waals surface area contributed by atoms with E-state index in [-0.39, 0.29) is 18.0 Å². The maximum Gasteiger partial charge on any atom is 0.282 e. The van der Waals surface area contributed by atoms with Gasteiger partial charge in [0.15, 0.2) is 11.5 Å². The molecule has 7 nitrogen and oxygen atoms in total. The molecule has 0 unspecified atom stereocenters. The van der Waals surface area contributed by atoms with Gasteiger partial charge in [0.2, 0.25) is 5.82 Å². The quantitative estimate of drug-likeness (QED) is 0.172. The third kappa shape index (κ3) is 5.39. The first-order chi connectivity index (χ1) is 19.9. The number of rotatable bonds is 7. The van der Waals surface area contributed by atoms with Gasteiger partial charge in [0.25, 0.3) is 5.56 Å². The van der Waals surface area contributed by atoms with E-state index in [9.17, 15) is 4.79 Å². The molecular weight excluding hydrogens is 585 g/mol. The zero-order valence-electron chi connectivity index (χ0n) is 21.5. The van der Waals surface area contributed by atoms with Crippen molar-refractivity contribution < 1.29 is 13.9 Å². The topological polar surface area (TPSA) is 78.9 Å². The average molecular weight is 605 g/mol. The van der Waals surface area contributed by atoms with Crippen molar-refractivity contribution >= 4 is 62.9 Å². The largest absolute Gasteiger partial charge is 0.496 e. The van der Waals surface area contributed by atoms with Crippen LogP contribution in [0.3, 0.4) is 0 Å². The normalized spacial score (nSPS) is 11.5. The number of aromatic nitrogens is 2. The highest BCUT2D eigenvalue weighted by atomic mass is 35.5. The Kier molecular flexibility index (Phi) is 7.41.